The van der Waals surface area contributed by atoms with Gasteiger partial charge in [0.25, 0.3) is 0 Å². The van der Waals surface area contributed by atoms with Crippen LogP contribution in [0.5, 0.6) is 0 Å². The zero-order valence-corrected chi connectivity index (χ0v) is 18.4. The van der Waals surface area contributed by atoms with Gasteiger partial charge in [-0.3, -0.25) is 9.79 Å². The monoisotopic (exact) mass is 445 g/mol. The third kappa shape index (κ3) is 4.22. The van der Waals surface area contributed by atoms with E-state index in [1.54, 1.807) is 18.4 Å². The Hall–Kier alpha value is -3.65. The van der Waals surface area contributed by atoms with Gasteiger partial charge in [-0.15, -0.1) is 11.3 Å². The molecular weight excluding hydrogens is 422 g/mol. The Labute approximate surface area is 189 Å². The largest absolute Gasteiger partial charge is 0.457 e. The minimum Gasteiger partial charge on any atom is -0.457 e. The van der Waals surface area contributed by atoms with E-state index in [-0.39, 0.29) is 11.8 Å². The molecule has 2 aromatic carbocycles. The average molecular weight is 446 g/mol. The number of nitrogens with one attached hydrogen (secondary N) is 3. The van der Waals surface area contributed by atoms with Gasteiger partial charge in [-0.1, -0.05) is 30.3 Å². The van der Waals surface area contributed by atoms with Gasteiger partial charge < -0.3 is 20.4 Å². The van der Waals surface area contributed by atoms with Crippen LogP contribution in [-0.4, -0.2) is 30.4 Å². The van der Waals surface area contributed by atoms with Crippen molar-refractivity contribution in [2.75, 3.05) is 18.9 Å². The highest BCUT2D eigenvalue weighted by Gasteiger charge is 2.24. The van der Waals surface area contributed by atoms with Crippen molar-refractivity contribution in [3.8, 4) is 10.8 Å². The molecule has 0 saturated carbocycles. The topological polar surface area (TPSA) is 91.6 Å². The molecule has 0 fully saturated rings. The molecule has 8 heteroatoms. The van der Waals surface area contributed by atoms with Crippen LogP contribution in [0.3, 0.4) is 0 Å². The van der Waals surface area contributed by atoms with Crippen LogP contribution < -0.4 is 16.0 Å². The molecule has 5 rings (SSSR count). The summed E-state index contributed by atoms with van der Waals surface area (Å²) in [5, 5.41) is 10.4. The summed E-state index contributed by atoms with van der Waals surface area (Å²) in [4.78, 5) is 21.0. The number of aliphatic imine (C=N–C) groups is 1. The van der Waals surface area contributed by atoms with Crippen LogP contribution in [-0.2, 0) is 11.3 Å². The lowest BCUT2D eigenvalue weighted by Crippen LogP contribution is -2.40. The smallest absolute Gasteiger partial charge is 0.225 e. The van der Waals surface area contributed by atoms with Crippen molar-refractivity contribution in [1.29, 1.82) is 0 Å². The molecule has 0 spiro atoms. The van der Waals surface area contributed by atoms with Crippen LogP contribution in [0, 0.1) is 0 Å². The number of nitrogens with zero attached hydrogens (tertiary/aromatic N) is 2. The third-order valence-electron chi connectivity index (χ3n) is 5.44. The maximum absolute atomic E-state index is 12.0. The maximum atomic E-state index is 12.0. The molecule has 3 heterocycles. The van der Waals surface area contributed by atoms with E-state index in [4.69, 9.17) is 4.42 Å². The standard InChI is InChI=1S/C24H23N5O2S/c1-25-24(26-13-15-12-22(30)28-18-7-3-2-6-17(15)18)27-14-16-10-11-20(31-16)23-29-19-8-4-5-9-21(19)32-23/h2-11,15H,12-14H2,1H3,(H,28,30)(H2,25,26,27). The van der Waals surface area contributed by atoms with E-state index in [9.17, 15) is 4.79 Å². The Morgan fingerprint density at radius 2 is 2.00 bits per heavy atom. The predicted octanol–water partition coefficient (Wildman–Crippen LogP) is 4.35. The number of guanidine groups is 1. The lowest BCUT2D eigenvalue weighted by Gasteiger charge is -2.26. The minimum absolute atomic E-state index is 0.0383. The van der Waals surface area contributed by atoms with Gasteiger partial charge in [-0.25, -0.2) is 4.98 Å². The van der Waals surface area contributed by atoms with Crippen LogP contribution in [0.2, 0.25) is 0 Å². The number of fused-ring (bicyclic) bond motifs is 2. The molecule has 0 aliphatic carbocycles. The van der Waals surface area contributed by atoms with E-state index >= 15 is 0 Å². The first-order chi connectivity index (χ1) is 15.7. The van der Waals surface area contributed by atoms with E-state index < -0.39 is 0 Å². The number of thiazole rings is 1. The Morgan fingerprint density at radius 1 is 1.16 bits per heavy atom. The number of furan rings is 1. The van der Waals surface area contributed by atoms with E-state index in [0.717, 1.165) is 38.0 Å². The quantitative estimate of drug-likeness (QED) is 0.314. The lowest BCUT2D eigenvalue weighted by atomic mass is 9.90. The number of amides is 1. The number of rotatable bonds is 5. The summed E-state index contributed by atoms with van der Waals surface area (Å²) < 4.78 is 7.14. The molecule has 0 bridgehead atoms. The van der Waals surface area contributed by atoms with E-state index in [2.05, 4.69) is 38.1 Å². The second-order valence-corrected chi connectivity index (χ2v) is 8.63. The van der Waals surface area contributed by atoms with Gasteiger partial charge >= 0.3 is 0 Å². The second-order valence-electron chi connectivity index (χ2n) is 7.60. The van der Waals surface area contributed by atoms with Crippen molar-refractivity contribution in [3.63, 3.8) is 0 Å². The van der Waals surface area contributed by atoms with Gasteiger partial charge in [0.15, 0.2) is 16.7 Å². The van der Waals surface area contributed by atoms with E-state index in [1.807, 2.05) is 48.5 Å². The summed E-state index contributed by atoms with van der Waals surface area (Å²) in [5.41, 5.74) is 3.00. The predicted molar refractivity (Wildman–Crippen MR) is 128 cm³/mol. The van der Waals surface area contributed by atoms with Gasteiger partial charge in [-0.2, -0.15) is 0 Å². The summed E-state index contributed by atoms with van der Waals surface area (Å²) in [5.74, 6) is 2.34. The molecule has 162 valence electrons. The van der Waals surface area contributed by atoms with Gasteiger partial charge in [0.2, 0.25) is 5.91 Å². The van der Waals surface area contributed by atoms with Crippen LogP contribution in [0.1, 0.15) is 23.7 Å². The van der Waals surface area contributed by atoms with E-state index in [0.29, 0.717) is 25.5 Å². The minimum atomic E-state index is 0.0383. The second kappa shape index (κ2) is 8.84. The van der Waals surface area contributed by atoms with Crippen molar-refractivity contribution < 1.29 is 9.21 Å². The number of hydrogen-bond acceptors (Lipinski definition) is 5. The van der Waals surface area contributed by atoms with Crippen LogP contribution in [0.25, 0.3) is 21.0 Å². The number of carbonyl (C=O) groups excluding carboxylic acids is 1. The summed E-state index contributed by atoms with van der Waals surface area (Å²) in [6.07, 6.45) is 0.449. The molecule has 1 amide bonds. The molecular formula is C24H23N5O2S. The molecule has 0 saturated heterocycles. The van der Waals surface area contributed by atoms with Crippen molar-refractivity contribution in [1.82, 2.24) is 15.6 Å². The molecule has 32 heavy (non-hydrogen) atoms. The zero-order valence-electron chi connectivity index (χ0n) is 17.6. The molecule has 1 aliphatic rings. The number of carbonyl (C=O) groups is 1. The highest BCUT2D eigenvalue weighted by molar-refractivity contribution is 7.21. The molecule has 1 aliphatic heterocycles. The molecule has 4 aromatic rings. The van der Waals surface area contributed by atoms with Crippen LogP contribution >= 0.6 is 11.3 Å². The number of hydrogen-bond donors (Lipinski definition) is 3. The fourth-order valence-electron chi connectivity index (χ4n) is 3.86. The highest BCUT2D eigenvalue weighted by Crippen LogP contribution is 2.32. The van der Waals surface area contributed by atoms with E-state index in [1.165, 1.54) is 0 Å². The molecule has 1 atom stereocenters. The summed E-state index contributed by atoms with van der Waals surface area (Å²) in [6.45, 7) is 1.10. The maximum Gasteiger partial charge on any atom is 0.225 e. The Bertz CT molecular complexity index is 1260. The lowest BCUT2D eigenvalue weighted by molar-refractivity contribution is -0.116. The van der Waals surface area contributed by atoms with Crippen molar-refractivity contribution >= 4 is 39.1 Å². The fourth-order valence-corrected chi connectivity index (χ4v) is 4.79. The SMILES string of the molecule is CN=C(NCc1ccc(-c2nc3ccccc3s2)o1)NCC1CC(=O)Nc2ccccc21. The van der Waals surface area contributed by atoms with Crippen molar-refractivity contribution in [2.24, 2.45) is 4.99 Å². The molecule has 3 N–H and O–H groups in total. The molecule has 0 radical (unpaired) electrons. The zero-order chi connectivity index (χ0) is 21.9. The number of aromatic nitrogens is 1. The first kappa shape index (κ1) is 20.3. The molecule has 1 unspecified atom stereocenters. The normalized spacial score (nSPS) is 16.0. The Balaban J connectivity index is 1.20. The first-order valence-electron chi connectivity index (χ1n) is 10.5. The molecule has 2 aromatic heterocycles. The average Bonchev–Trinajstić information content (AvgIpc) is 3.46. The number of anilines is 1. The van der Waals surface area contributed by atoms with Crippen LogP contribution in [0.15, 0.2) is 70.1 Å². The third-order valence-corrected chi connectivity index (χ3v) is 6.49. The number of para-hydroxylation sites is 2. The summed E-state index contributed by atoms with van der Waals surface area (Å²) in [7, 11) is 1.73. The fraction of sp³-hybridized carbons (Fsp3) is 0.208. The first-order valence-corrected chi connectivity index (χ1v) is 11.3. The van der Waals surface area contributed by atoms with Gasteiger partial charge in [0.05, 0.1) is 16.8 Å². The van der Waals surface area contributed by atoms with Crippen LogP contribution in [0.4, 0.5) is 5.69 Å². The summed E-state index contributed by atoms with van der Waals surface area (Å²) >= 11 is 1.62. The molecule has 7 nitrogen and oxygen atoms in total. The Morgan fingerprint density at radius 3 is 2.88 bits per heavy atom. The highest BCUT2D eigenvalue weighted by atomic mass is 32.1. The van der Waals surface area contributed by atoms with Gasteiger partial charge in [0, 0.05) is 31.6 Å². The number of benzene rings is 2. The Kier molecular flexibility index (Phi) is 5.60. The van der Waals surface area contributed by atoms with Crippen molar-refractivity contribution in [3.05, 3.63) is 72.0 Å². The summed E-state index contributed by atoms with van der Waals surface area (Å²) in [6, 6.07) is 19.9. The van der Waals surface area contributed by atoms with Gasteiger partial charge in [-0.05, 0) is 35.9 Å². The van der Waals surface area contributed by atoms with Crippen molar-refractivity contribution in [2.45, 2.75) is 18.9 Å². The van der Waals surface area contributed by atoms with Gasteiger partial charge in [0.1, 0.15) is 5.76 Å².